The standard InChI is InChI=1S/C21H26N4O5S/c1-15-7-8-16(2)20(13-15)31(29,30)24-11-9-23(10-12-24)17(3)21(26)22-18-5-4-6-19(14-18)25(27)28/h4-8,13-14,17H,9-12H2,1-3H3,(H,22,26)/p+1/t17-/m1/s1. The molecule has 2 aromatic rings. The monoisotopic (exact) mass is 447 g/mol. The minimum absolute atomic E-state index is 0.0944. The van der Waals surface area contributed by atoms with Gasteiger partial charge in [-0.3, -0.25) is 14.9 Å². The molecule has 1 heterocycles. The number of amides is 1. The van der Waals surface area contributed by atoms with Crippen molar-refractivity contribution < 1.29 is 23.0 Å². The second kappa shape index (κ2) is 9.13. The van der Waals surface area contributed by atoms with Crippen molar-refractivity contribution in [1.82, 2.24) is 4.31 Å². The van der Waals surface area contributed by atoms with Crippen LogP contribution in [0.15, 0.2) is 47.4 Å². The first-order chi connectivity index (χ1) is 14.6. The minimum Gasteiger partial charge on any atom is -0.323 e. The van der Waals surface area contributed by atoms with E-state index in [4.69, 9.17) is 0 Å². The maximum Gasteiger partial charge on any atom is 0.282 e. The number of quaternary nitrogens is 1. The number of nitrogens with one attached hydrogen (secondary N) is 2. The molecule has 0 saturated carbocycles. The summed E-state index contributed by atoms with van der Waals surface area (Å²) in [6.45, 7) is 7.05. The normalized spacial score (nSPS) is 16.6. The lowest BCUT2D eigenvalue weighted by Gasteiger charge is -2.34. The van der Waals surface area contributed by atoms with E-state index < -0.39 is 21.0 Å². The number of nitro benzene ring substituents is 1. The molecule has 1 atom stereocenters. The fourth-order valence-electron chi connectivity index (χ4n) is 3.70. The Hall–Kier alpha value is -2.82. The van der Waals surface area contributed by atoms with E-state index in [1.54, 1.807) is 26.0 Å². The number of piperazine rings is 1. The van der Waals surface area contributed by atoms with E-state index in [0.29, 0.717) is 42.3 Å². The van der Waals surface area contributed by atoms with Crippen LogP contribution in [0.4, 0.5) is 11.4 Å². The topological polar surface area (TPSA) is 114 Å². The van der Waals surface area contributed by atoms with Crippen molar-refractivity contribution in [3.05, 3.63) is 63.7 Å². The molecule has 9 nitrogen and oxygen atoms in total. The molecule has 3 rings (SSSR count). The van der Waals surface area contributed by atoms with Gasteiger partial charge in [0.15, 0.2) is 6.04 Å². The highest BCUT2D eigenvalue weighted by atomic mass is 32.2. The molecule has 1 aliphatic rings. The molecule has 166 valence electrons. The average molecular weight is 448 g/mol. The molecule has 31 heavy (non-hydrogen) atoms. The summed E-state index contributed by atoms with van der Waals surface area (Å²) in [7, 11) is -3.59. The molecule has 1 amide bonds. The Morgan fingerprint density at radius 3 is 2.48 bits per heavy atom. The number of aryl methyl sites for hydroxylation is 2. The predicted molar refractivity (Wildman–Crippen MR) is 117 cm³/mol. The molecular weight excluding hydrogens is 420 g/mol. The Labute approximate surface area is 181 Å². The van der Waals surface area contributed by atoms with Gasteiger partial charge in [-0.15, -0.1) is 0 Å². The first-order valence-electron chi connectivity index (χ1n) is 10.1. The van der Waals surface area contributed by atoms with Crippen molar-refractivity contribution in [3.8, 4) is 0 Å². The third-order valence-electron chi connectivity index (χ3n) is 5.66. The second-order valence-corrected chi connectivity index (χ2v) is 9.76. The Morgan fingerprint density at radius 1 is 1.16 bits per heavy atom. The highest BCUT2D eigenvalue weighted by Crippen LogP contribution is 2.21. The first kappa shape index (κ1) is 22.9. The van der Waals surface area contributed by atoms with E-state index in [0.717, 1.165) is 10.5 Å². The van der Waals surface area contributed by atoms with Crippen LogP contribution >= 0.6 is 0 Å². The summed E-state index contributed by atoms with van der Waals surface area (Å²) in [5.74, 6) is -0.263. The lowest BCUT2D eigenvalue weighted by molar-refractivity contribution is -0.917. The van der Waals surface area contributed by atoms with Crippen molar-refractivity contribution in [2.45, 2.75) is 31.7 Å². The van der Waals surface area contributed by atoms with Crippen LogP contribution < -0.4 is 10.2 Å². The van der Waals surface area contributed by atoms with E-state index in [-0.39, 0.29) is 11.6 Å². The molecule has 0 unspecified atom stereocenters. The van der Waals surface area contributed by atoms with Crippen LogP contribution in [0.1, 0.15) is 18.1 Å². The summed E-state index contributed by atoms with van der Waals surface area (Å²) < 4.78 is 27.6. The zero-order valence-corrected chi connectivity index (χ0v) is 18.6. The largest absolute Gasteiger partial charge is 0.323 e. The van der Waals surface area contributed by atoms with Crippen molar-refractivity contribution in [2.24, 2.45) is 0 Å². The number of benzene rings is 2. The Kier molecular flexibility index (Phi) is 6.73. The quantitative estimate of drug-likeness (QED) is 0.509. The van der Waals surface area contributed by atoms with Gasteiger partial charge in [0, 0.05) is 17.8 Å². The van der Waals surface area contributed by atoms with Crippen molar-refractivity contribution in [2.75, 3.05) is 31.5 Å². The molecule has 0 radical (unpaired) electrons. The summed E-state index contributed by atoms with van der Waals surface area (Å²) in [6, 6.07) is 10.8. The number of anilines is 1. The summed E-state index contributed by atoms with van der Waals surface area (Å²) in [6.07, 6.45) is 0. The molecule has 10 heteroatoms. The molecule has 0 aliphatic carbocycles. The van der Waals surface area contributed by atoms with Crippen LogP contribution in [0.25, 0.3) is 0 Å². The number of rotatable bonds is 6. The number of non-ortho nitro benzene ring substituents is 1. The van der Waals surface area contributed by atoms with E-state index in [2.05, 4.69) is 5.32 Å². The molecular formula is C21H27N4O5S+. The number of carbonyl (C=O) groups is 1. The number of sulfonamides is 1. The lowest BCUT2D eigenvalue weighted by Crippen LogP contribution is -3.19. The van der Waals surface area contributed by atoms with E-state index >= 15 is 0 Å². The van der Waals surface area contributed by atoms with Gasteiger partial charge in [0.25, 0.3) is 11.6 Å². The predicted octanol–water partition coefficient (Wildman–Crippen LogP) is 1.13. The zero-order chi connectivity index (χ0) is 22.8. The molecule has 1 saturated heterocycles. The summed E-state index contributed by atoms with van der Waals surface area (Å²) >= 11 is 0. The molecule has 0 spiro atoms. The lowest BCUT2D eigenvalue weighted by atomic mass is 10.2. The van der Waals surface area contributed by atoms with Gasteiger partial charge in [-0.05, 0) is 44.0 Å². The molecule has 0 bridgehead atoms. The second-order valence-electron chi connectivity index (χ2n) is 7.85. The zero-order valence-electron chi connectivity index (χ0n) is 17.8. The van der Waals surface area contributed by atoms with E-state index in [9.17, 15) is 23.3 Å². The molecule has 1 aliphatic heterocycles. The third kappa shape index (κ3) is 5.09. The van der Waals surface area contributed by atoms with Gasteiger partial charge in [0.05, 0.1) is 36.0 Å². The van der Waals surface area contributed by atoms with Crippen molar-refractivity contribution in [1.29, 1.82) is 0 Å². The molecule has 1 fully saturated rings. The fraction of sp³-hybridized carbons (Fsp3) is 0.381. The first-order valence-corrected chi connectivity index (χ1v) is 11.5. The smallest absolute Gasteiger partial charge is 0.282 e. The maximum absolute atomic E-state index is 13.1. The van der Waals surface area contributed by atoms with Crippen LogP contribution in [0, 0.1) is 24.0 Å². The summed E-state index contributed by atoms with van der Waals surface area (Å²) in [5.41, 5.74) is 1.87. The van der Waals surface area contributed by atoms with Crippen molar-refractivity contribution in [3.63, 3.8) is 0 Å². The molecule has 0 aromatic heterocycles. The van der Waals surface area contributed by atoms with Crippen LogP contribution in [0.2, 0.25) is 0 Å². The van der Waals surface area contributed by atoms with Gasteiger partial charge in [-0.2, -0.15) is 4.31 Å². The Balaban J connectivity index is 1.63. The third-order valence-corrected chi connectivity index (χ3v) is 7.70. The van der Waals surface area contributed by atoms with E-state index in [1.807, 2.05) is 19.1 Å². The van der Waals surface area contributed by atoms with Crippen LogP contribution in [0.5, 0.6) is 0 Å². The summed E-state index contributed by atoms with van der Waals surface area (Å²) in [4.78, 5) is 24.3. The minimum atomic E-state index is -3.59. The number of nitrogens with zero attached hydrogens (tertiary/aromatic N) is 2. The fourth-order valence-corrected chi connectivity index (χ4v) is 5.46. The average Bonchev–Trinajstić information content (AvgIpc) is 2.75. The van der Waals surface area contributed by atoms with Gasteiger partial charge >= 0.3 is 0 Å². The number of carbonyl (C=O) groups excluding carboxylic acids is 1. The number of nitro groups is 1. The molecule has 2 N–H and O–H groups in total. The highest BCUT2D eigenvalue weighted by molar-refractivity contribution is 7.89. The SMILES string of the molecule is Cc1ccc(C)c(S(=O)(=O)N2CC[NH+]([C@H](C)C(=O)Nc3cccc([N+](=O)[O-])c3)CC2)c1. The maximum atomic E-state index is 13.1. The highest BCUT2D eigenvalue weighted by Gasteiger charge is 2.35. The van der Waals surface area contributed by atoms with Gasteiger partial charge in [0.1, 0.15) is 0 Å². The molecule has 2 aromatic carbocycles. The van der Waals surface area contributed by atoms with Crippen LogP contribution in [-0.2, 0) is 14.8 Å². The van der Waals surface area contributed by atoms with Gasteiger partial charge < -0.3 is 10.2 Å². The van der Waals surface area contributed by atoms with Gasteiger partial charge in [-0.25, -0.2) is 8.42 Å². The van der Waals surface area contributed by atoms with Crippen LogP contribution in [0.3, 0.4) is 0 Å². The van der Waals surface area contributed by atoms with E-state index in [1.165, 1.54) is 22.5 Å². The van der Waals surface area contributed by atoms with Gasteiger partial charge in [-0.1, -0.05) is 18.2 Å². The Bertz CT molecular complexity index is 1090. The number of hydrogen-bond acceptors (Lipinski definition) is 5. The van der Waals surface area contributed by atoms with Gasteiger partial charge in [0.2, 0.25) is 10.0 Å². The Morgan fingerprint density at radius 2 is 1.84 bits per heavy atom. The summed E-state index contributed by atoms with van der Waals surface area (Å²) in [5, 5.41) is 13.6. The number of hydrogen-bond donors (Lipinski definition) is 2. The van der Waals surface area contributed by atoms with Crippen molar-refractivity contribution >= 4 is 27.3 Å². The van der Waals surface area contributed by atoms with Crippen LogP contribution in [-0.4, -0.2) is 55.8 Å².